The summed E-state index contributed by atoms with van der Waals surface area (Å²) in [5.41, 5.74) is 2.66. The lowest BCUT2D eigenvalue weighted by atomic mass is 10.1. The number of hydrogen-bond donors (Lipinski definition) is 3. The summed E-state index contributed by atoms with van der Waals surface area (Å²) >= 11 is 1.02. The van der Waals surface area contributed by atoms with Crippen molar-refractivity contribution in [2.75, 3.05) is 11.9 Å². The molecule has 0 aliphatic carbocycles. The van der Waals surface area contributed by atoms with Gasteiger partial charge in [0.25, 0.3) is 5.91 Å². The smallest absolute Gasteiger partial charge is 0.407 e. The standard InChI is InChI=1S/C31H32N4O5S/c1-21(36)41-28-17-9-7-14-24(28)33-29(37)25(15-10-18-32-31(39)40-20-22-11-4-3-5-12-22)34-30(38)27-19-23-13-6-8-16-26(23)35(27)2/h3-9,11-14,16-17,19,25H,10,15,18,20H2,1-2H3,(H,32,39)(H,33,37)(H,34,38)/t25-/m0/s1. The van der Waals surface area contributed by atoms with Crippen LogP contribution in [0.2, 0.25) is 0 Å². The number of fused-ring (bicyclic) bond motifs is 1. The van der Waals surface area contributed by atoms with Crippen molar-refractivity contribution in [1.29, 1.82) is 0 Å². The molecule has 4 aromatic rings. The predicted molar refractivity (Wildman–Crippen MR) is 160 cm³/mol. The summed E-state index contributed by atoms with van der Waals surface area (Å²) in [5.74, 6) is -0.828. The minimum Gasteiger partial charge on any atom is -0.445 e. The fourth-order valence-electron chi connectivity index (χ4n) is 4.31. The van der Waals surface area contributed by atoms with Crippen LogP contribution in [0.15, 0.2) is 89.8 Å². The predicted octanol–water partition coefficient (Wildman–Crippen LogP) is 5.26. The van der Waals surface area contributed by atoms with Crippen LogP contribution >= 0.6 is 11.8 Å². The van der Waals surface area contributed by atoms with Crippen molar-refractivity contribution in [3.05, 3.63) is 96.2 Å². The van der Waals surface area contributed by atoms with Gasteiger partial charge in [-0.15, -0.1) is 0 Å². The second kappa shape index (κ2) is 14.2. The molecule has 212 valence electrons. The van der Waals surface area contributed by atoms with Crippen LogP contribution < -0.4 is 16.0 Å². The monoisotopic (exact) mass is 572 g/mol. The van der Waals surface area contributed by atoms with Crippen molar-refractivity contribution in [1.82, 2.24) is 15.2 Å². The third-order valence-electron chi connectivity index (χ3n) is 6.36. The number of aromatic nitrogens is 1. The molecule has 0 radical (unpaired) electrons. The van der Waals surface area contributed by atoms with E-state index in [4.69, 9.17) is 4.74 Å². The van der Waals surface area contributed by atoms with E-state index in [0.717, 1.165) is 28.2 Å². The maximum Gasteiger partial charge on any atom is 0.407 e. The lowest BCUT2D eigenvalue weighted by molar-refractivity contribution is -0.118. The molecule has 0 unspecified atom stereocenters. The Morgan fingerprint density at radius 3 is 2.39 bits per heavy atom. The molecule has 0 saturated carbocycles. The number of thioether (sulfide) groups is 1. The van der Waals surface area contributed by atoms with Gasteiger partial charge < -0.3 is 25.3 Å². The highest BCUT2D eigenvalue weighted by Gasteiger charge is 2.24. The van der Waals surface area contributed by atoms with E-state index in [9.17, 15) is 19.2 Å². The van der Waals surface area contributed by atoms with Gasteiger partial charge in [-0.2, -0.15) is 0 Å². The first-order valence-electron chi connectivity index (χ1n) is 13.2. The average molecular weight is 573 g/mol. The molecule has 3 N–H and O–H groups in total. The van der Waals surface area contributed by atoms with Gasteiger partial charge in [0.05, 0.1) is 5.69 Å². The summed E-state index contributed by atoms with van der Waals surface area (Å²) in [5, 5.41) is 9.20. The summed E-state index contributed by atoms with van der Waals surface area (Å²) in [6.07, 6.45) is 0.0878. The van der Waals surface area contributed by atoms with Gasteiger partial charge in [0.2, 0.25) is 5.91 Å². The number of alkyl carbamates (subject to hydrolysis) is 1. The van der Waals surface area contributed by atoms with Crippen LogP contribution in [0.1, 0.15) is 35.8 Å². The van der Waals surface area contributed by atoms with Crippen molar-refractivity contribution in [2.45, 2.75) is 37.3 Å². The number of nitrogens with zero attached hydrogens (tertiary/aromatic N) is 1. The van der Waals surface area contributed by atoms with E-state index in [0.29, 0.717) is 22.7 Å². The first kappa shape index (κ1) is 29.4. The van der Waals surface area contributed by atoms with Crippen LogP contribution in [0, 0.1) is 0 Å². The second-order valence-electron chi connectivity index (χ2n) is 9.38. The number of nitrogens with one attached hydrogen (secondary N) is 3. The lowest BCUT2D eigenvalue weighted by Gasteiger charge is -2.20. The highest BCUT2D eigenvalue weighted by molar-refractivity contribution is 8.13. The highest BCUT2D eigenvalue weighted by atomic mass is 32.2. The third kappa shape index (κ3) is 8.21. The van der Waals surface area contributed by atoms with Gasteiger partial charge in [-0.3, -0.25) is 14.4 Å². The summed E-state index contributed by atoms with van der Waals surface area (Å²) in [6.45, 7) is 1.85. The van der Waals surface area contributed by atoms with E-state index in [-0.39, 0.29) is 24.7 Å². The Balaban J connectivity index is 1.42. The fraction of sp³-hybridized carbons (Fsp3) is 0.226. The van der Waals surface area contributed by atoms with Gasteiger partial charge in [-0.05, 0) is 42.7 Å². The molecule has 0 fully saturated rings. The van der Waals surface area contributed by atoms with E-state index in [2.05, 4.69) is 16.0 Å². The van der Waals surface area contributed by atoms with Crippen LogP contribution in [0.4, 0.5) is 10.5 Å². The summed E-state index contributed by atoms with van der Waals surface area (Å²) in [7, 11) is 1.80. The number of carbonyl (C=O) groups excluding carboxylic acids is 4. The number of anilines is 1. The maximum absolute atomic E-state index is 13.4. The number of aryl methyl sites for hydroxylation is 1. The molecule has 3 amide bonds. The number of carbonyl (C=O) groups is 4. The molecular weight excluding hydrogens is 540 g/mol. The van der Waals surface area contributed by atoms with Crippen molar-refractivity contribution in [2.24, 2.45) is 7.05 Å². The van der Waals surface area contributed by atoms with E-state index in [1.54, 1.807) is 41.9 Å². The zero-order chi connectivity index (χ0) is 29.2. The SMILES string of the molecule is CC(=O)Sc1ccccc1NC(=O)[C@H](CCCNC(=O)OCc1ccccc1)NC(=O)c1cc2ccccc2n1C. The van der Waals surface area contributed by atoms with E-state index in [1.807, 2.05) is 54.6 Å². The second-order valence-corrected chi connectivity index (χ2v) is 10.6. The minimum atomic E-state index is -0.905. The number of para-hydroxylation sites is 2. The summed E-state index contributed by atoms with van der Waals surface area (Å²) in [6, 6.07) is 24.8. The largest absolute Gasteiger partial charge is 0.445 e. The molecule has 1 aromatic heterocycles. The molecule has 1 heterocycles. The Kier molecular flexibility index (Phi) is 10.2. The van der Waals surface area contributed by atoms with Gasteiger partial charge in [0.15, 0.2) is 5.12 Å². The van der Waals surface area contributed by atoms with Gasteiger partial charge in [0.1, 0.15) is 18.3 Å². The quantitative estimate of drug-likeness (QED) is 0.167. The van der Waals surface area contributed by atoms with E-state index < -0.39 is 23.9 Å². The molecule has 0 aliphatic heterocycles. The van der Waals surface area contributed by atoms with Crippen molar-refractivity contribution in [3.8, 4) is 0 Å². The van der Waals surface area contributed by atoms with Crippen molar-refractivity contribution >= 4 is 51.4 Å². The number of amides is 3. The van der Waals surface area contributed by atoms with Crippen LogP contribution in [0.3, 0.4) is 0 Å². The molecule has 4 rings (SSSR count). The van der Waals surface area contributed by atoms with Gasteiger partial charge in [0, 0.05) is 36.3 Å². The lowest BCUT2D eigenvalue weighted by Crippen LogP contribution is -2.44. The van der Waals surface area contributed by atoms with Crippen LogP contribution in [-0.2, 0) is 28.0 Å². The molecule has 1 atom stereocenters. The van der Waals surface area contributed by atoms with Crippen LogP contribution in [0.25, 0.3) is 10.9 Å². The summed E-state index contributed by atoms with van der Waals surface area (Å²) in [4.78, 5) is 51.2. The number of rotatable bonds is 11. The molecule has 0 spiro atoms. The molecule has 0 bridgehead atoms. The Morgan fingerprint density at radius 2 is 1.63 bits per heavy atom. The van der Waals surface area contributed by atoms with E-state index >= 15 is 0 Å². The number of hydrogen-bond acceptors (Lipinski definition) is 6. The van der Waals surface area contributed by atoms with Crippen LogP contribution in [0.5, 0.6) is 0 Å². The van der Waals surface area contributed by atoms with Gasteiger partial charge in [-0.1, -0.05) is 72.4 Å². The van der Waals surface area contributed by atoms with Gasteiger partial charge in [-0.25, -0.2) is 4.79 Å². The number of benzene rings is 3. The minimum absolute atomic E-state index is 0.113. The molecule has 0 aliphatic rings. The molecule has 41 heavy (non-hydrogen) atoms. The zero-order valence-electron chi connectivity index (χ0n) is 22.9. The first-order chi connectivity index (χ1) is 19.8. The average Bonchev–Trinajstić information content (AvgIpc) is 3.31. The normalized spacial score (nSPS) is 11.5. The summed E-state index contributed by atoms with van der Waals surface area (Å²) < 4.78 is 7.02. The van der Waals surface area contributed by atoms with Crippen molar-refractivity contribution < 1.29 is 23.9 Å². The molecule has 10 heteroatoms. The van der Waals surface area contributed by atoms with E-state index in [1.165, 1.54) is 6.92 Å². The Hall–Kier alpha value is -4.57. The maximum atomic E-state index is 13.4. The number of ether oxygens (including phenoxy) is 1. The fourth-order valence-corrected chi connectivity index (χ4v) is 5.00. The van der Waals surface area contributed by atoms with Gasteiger partial charge >= 0.3 is 6.09 Å². The molecular formula is C31H32N4O5S. The highest BCUT2D eigenvalue weighted by Crippen LogP contribution is 2.27. The Bertz CT molecular complexity index is 1540. The first-order valence-corrected chi connectivity index (χ1v) is 14.0. The topological polar surface area (TPSA) is 119 Å². The molecule has 9 nitrogen and oxygen atoms in total. The Morgan fingerprint density at radius 1 is 0.927 bits per heavy atom. The van der Waals surface area contributed by atoms with Crippen molar-refractivity contribution in [3.63, 3.8) is 0 Å². The zero-order valence-corrected chi connectivity index (χ0v) is 23.7. The Labute approximate surface area is 242 Å². The third-order valence-corrected chi connectivity index (χ3v) is 7.22. The van der Waals surface area contributed by atoms with Crippen LogP contribution in [-0.4, -0.2) is 40.2 Å². The molecule has 3 aromatic carbocycles. The molecule has 0 saturated heterocycles.